The van der Waals surface area contributed by atoms with Crippen LogP contribution in [0.1, 0.15) is 0 Å². The summed E-state index contributed by atoms with van der Waals surface area (Å²) in [5.41, 5.74) is 2.46. The van der Waals surface area contributed by atoms with E-state index in [2.05, 4.69) is 9.37 Å². The van der Waals surface area contributed by atoms with Gasteiger partial charge < -0.3 is 5.11 Å². The van der Waals surface area contributed by atoms with Crippen LogP contribution in [-0.2, 0) is 0 Å². The summed E-state index contributed by atoms with van der Waals surface area (Å²) in [5.74, 6) is 0.180. The SMILES string of the molecule is Oc1ccccc1N=c1ssnc1-c1ccccc1. The molecule has 0 aliphatic carbocycles. The fourth-order valence-corrected chi connectivity index (χ4v) is 3.39. The molecule has 0 saturated carbocycles. The molecule has 0 bridgehead atoms. The minimum atomic E-state index is 0.180. The van der Waals surface area contributed by atoms with Gasteiger partial charge in [0.2, 0.25) is 0 Å². The molecular weight excluding hydrogens is 276 g/mol. The van der Waals surface area contributed by atoms with Gasteiger partial charge in [0.05, 0.1) is 0 Å². The molecular formula is C14H10N2OS2. The van der Waals surface area contributed by atoms with E-state index in [4.69, 9.17) is 0 Å². The molecule has 0 amide bonds. The summed E-state index contributed by atoms with van der Waals surface area (Å²) in [4.78, 5) is 4.49. The van der Waals surface area contributed by atoms with Gasteiger partial charge in [-0.15, -0.1) is 0 Å². The molecule has 3 rings (SSSR count). The molecule has 1 aromatic heterocycles. The predicted molar refractivity (Wildman–Crippen MR) is 78.8 cm³/mol. The molecule has 3 nitrogen and oxygen atoms in total. The van der Waals surface area contributed by atoms with Crippen LogP contribution in [0.2, 0.25) is 0 Å². The number of nitrogens with zero attached hydrogens (tertiary/aromatic N) is 2. The molecule has 94 valence electrons. The molecule has 0 atom stereocenters. The Morgan fingerprint density at radius 3 is 2.47 bits per heavy atom. The van der Waals surface area contributed by atoms with Crippen LogP contribution in [0.25, 0.3) is 11.3 Å². The molecule has 3 aromatic rings. The van der Waals surface area contributed by atoms with Crippen molar-refractivity contribution < 1.29 is 5.11 Å². The number of hydrogen-bond donors (Lipinski definition) is 1. The van der Waals surface area contributed by atoms with Crippen LogP contribution in [0.3, 0.4) is 0 Å². The summed E-state index contributed by atoms with van der Waals surface area (Å²) in [6.45, 7) is 0. The van der Waals surface area contributed by atoms with Gasteiger partial charge in [0, 0.05) is 16.1 Å². The summed E-state index contributed by atoms with van der Waals surface area (Å²) in [5, 5.41) is 9.76. The predicted octanol–water partition coefficient (Wildman–Crippen LogP) is 3.81. The van der Waals surface area contributed by atoms with Gasteiger partial charge in [-0.05, 0) is 22.5 Å². The Morgan fingerprint density at radius 1 is 0.947 bits per heavy atom. The topological polar surface area (TPSA) is 45.5 Å². The molecule has 0 spiro atoms. The smallest absolute Gasteiger partial charge is 0.155 e. The highest BCUT2D eigenvalue weighted by Crippen LogP contribution is 2.25. The Hall–Kier alpha value is -1.98. The van der Waals surface area contributed by atoms with Crippen molar-refractivity contribution in [1.29, 1.82) is 0 Å². The number of phenolic OH excluding ortho intramolecular Hbond substituents is 1. The Bertz CT molecular complexity index is 747. The molecule has 0 aliphatic heterocycles. The average Bonchev–Trinajstić information content (AvgIpc) is 2.91. The van der Waals surface area contributed by atoms with Gasteiger partial charge in [-0.2, -0.15) is 4.37 Å². The summed E-state index contributed by atoms with van der Waals surface area (Å²) < 4.78 is 5.21. The second kappa shape index (κ2) is 5.34. The zero-order chi connectivity index (χ0) is 13.1. The third kappa shape index (κ3) is 2.57. The fourth-order valence-electron chi connectivity index (χ4n) is 1.68. The van der Waals surface area contributed by atoms with Gasteiger partial charge in [-0.1, -0.05) is 42.5 Å². The maximum atomic E-state index is 9.76. The lowest BCUT2D eigenvalue weighted by Gasteiger charge is -1.97. The number of benzene rings is 2. The maximum Gasteiger partial charge on any atom is 0.155 e. The summed E-state index contributed by atoms with van der Waals surface area (Å²) in [6.07, 6.45) is 0. The van der Waals surface area contributed by atoms with Crippen molar-refractivity contribution in [2.45, 2.75) is 0 Å². The Labute approximate surface area is 117 Å². The lowest BCUT2D eigenvalue weighted by atomic mass is 10.2. The van der Waals surface area contributed by atoms with Gasteiger partial charge in [-0.25, -0.2) is 4.99 Å². The van der Waals surface area contributed by atoms with E-state index in [-0.39, 0.29) is 5.75 Å². The summed E-state index contributed by atoms with van der Waals surface area (Å²) in [6, 6.07) is 17.0. The lowest BCUT2D eigenvalue weighted by molar-refractivity contribution is 0.476. The fraction of sp³-hybridized carbons (Fsp3) is 0. The van der Waals surface area contributed by atoms with Crippen molar-refractivity contribution in [3.8, 4) is 17.0 Å². The van der Waals surface area contributed by atoms with Gasteiger partial charge in [-0.3, -0.25) is 0 Å². The average molecular weight is 286 g/mol. The monoisotopic (exact) mass is 286 g/mol. The second-order valence-electron chi connectivity index (χ2n) is 3.87. The van der Waals surface area contributed by atoms with Crippen LogP contribution in [0.5, 0.6) is 5.75 Å². The van der Waals surface area contributed by atoms with Crippen LogP contribution >= 0.6 is 20.9 Å². The molecule has 5 heteroatoms. The van der Waals surface area contributed by atoms with E-state index in [0.717, 1.165) is 15.9 Å². The van der Waals surface area contributed by atoms with Crippen LogP contribution < -0.4 is 4.67 Å². The molecule has 0 radical (unpaired) electrons. The van der Waals surface area contributed by atoms with Crippen molar-refractivity contribution in [3.63, 3.8) is 0 Å². The summed E-state index contributed by atoms with van der Waals surface area (Å²) >= 11 is 0. The number of phenols is 1. The third-order valence-corrected chi connectivity index (χ3v) is 4.29. The van der Waals surface area contributed by atoms with E-state index in [1.54, 1.807) is 18.2 Å². The van der Waals surface area contributed by atoms with E-state index in [1.807, 2.05) is 36.4 Å². The first kappa shape index (κ1) is 12.1. The summed E-state index contributed by atoms with van der Waals surface area (Å²) in [7, 11) is 2.90. The molecule has 0 saturated heterocycles. The Balaban J connectivity index is 2.14. The van der Waals surface area contributed by atoms with Crippen LogP contribution in [-0.4, -0.2) is 9.48 Å². The van der Waals surface area contributed by atoms with Crippen LogP contribution in [0.4, 0.5) is 5.69 Å². The number of aromatic hydroxyl groups is 1. The van der Waals surface area contributed by atoms with Gasteiger partial charge in [0.15, 0.2) is 4.67 Å². The molecule has 0 fully saturated rings. The highest BCUT2D eigenvalue weighted by molar-refractivity contribution is 7.66. The number of aromatic nitrogens is 1. The number of rotatable bonds is 2. The highest BCUT2D eigenvalue weighted by atomic mass is 32.9. The van der Waals surface area contributed by atoms with Gasteiger partial charge in [0.1, 0.15) is 17.1 Å². The van der Waals surface area contributed by atoms with E-state index in [0.29, 0.717) is 5.69 Å². The maximum absolute atomic E-state index is 9.76. The molecule has 0 unspecified atom stereocenters. The first-order chi connectivity index (χ1) is 9.34. The Morgan fingerprint density at radius 2 is 1.68 bits per heavy atom. The normalized spacial score (nSPS) is 11.7. The third-order valence-electron chi connectivity index (χ3n) is 2.60. The van der Waals surface area contributed by atoms with E-state index in [9.17, 15) is 5.11 Å². The number of hydrogen-bond acceptors (Lipinski definition) is 5. The van der Waals surface area contributed by atoms with Crippen molar-refractivity contribution in [2.24, 2.45) is 4.99 Å². The van der Waals surface area contributed by atoms with Crippen molar-refractivity contribution in [1.82, 2.24) is 4.37 Å². The zero-order valence-electron chi connectivity index (χ0n) is 9.85. The van der Waals surface area contributed by atoms with Crippen molar-refractivity contribution >= 4 is 26.6 Å². The second-order valence-corrected chi connectivity index (χ2v) is 5.70. The first-order valence-electron chi connectivity index (χ1n) is 5.69. The largest absolute Gasteiger partial charge is 0.506 e. The minimum Gasteiger partial charge on any atom is -0.506 e. The van der Waals surface area contributed by atoms with Crippen LogP contribution in [0.15, 0.2) is 59.6 Å². The highest BCUT2D eigenvalue weighted by Gasteiger charge is 2.05. The Kier molecular flexibility index (Phi) is 3.39. The zero-order valence-corrected chi connectivity index (χ0v) is 11.5. The molecule has 2 aromatic carbocycles. The van der Waals surface area contributed by atoms with Gasteiger partial charge in [0.25, 0.3) is 0 Å². The number of para-hydroxylation sites is 2. The van der Waals surface area contributed by atoms with Crippen LogP contribution in [0, 0.1) is 0 Å². The van der Waals surface area contributed by atoms with E-state index in [1.165, 1.54) is 20.9 Å². The quantitative estimate of drug-likeness (QED) is 0.728. The molecule has 19 heavy (non-hydrogen) atoms. The first-order valence-corrected chi connectivity index (χ1v) is 7.79. The van der Waals surface area contributed by atoms with E-state index >= 15 is 0 Å². The molecule has 0 aliphatic rings. The minimum absolute atomic E-state index is 0.180. The standard InChI is InChI=1S/C14H10N2OS2/c17-12-9-5-4-8-11(12)15-14-13(16-19-18-14)10-6-2-1-3-7-10/h1-9,17H. The van der Waals surface area contributed by atoms with Gasteiger partial charge >= 0.3 is 0 Å². The van der Waals surface area contributed by atoms with E-state index < -0.39 is 0 Å². The van der Waals surface area contributed by atoms with Crippen molar-refractivity contribution in [2.75, 3.05) is 0 Å². The molecule has 1 heterocycles. The lowest BCUT2D eigenvalue weighted by Crippen LogP contribution is -1.98. The van der Waals surface area contributed by atoms with Crippen molar-refractivity contribution in [3.05, 3.63) is 59.3 Å². The molecule has 1 N–H and O–H groups in total.